The maximum Gasteiger partial charge on any atom is 0.309 e. The van der Waals surface area contributed by atoms with Crippen molar-refractivity contribution in [3.8, 4) is 5.69 Å². The van der Waals surface area contributed by atoms with E-state index in [-0.39, 0.29) is 12.0 Å². The van der Waals surface area contributed by atoms with Crippen molar-refractivity contribution in [1.29, 1.82) is 0 Å². The van der Waals surface area contributed by atoms with Crippen molar-refractivity contribution in [2.75, 3.05) is 0 Å². The monoisotopic (exact) mass is 306 g/mol. The maximum atomic E-state index is 12.1. The minimum atomic E-state index is -0.916. The second kappa shape index (κ2) is 5.69. The van der Waals surface area contributed by atoms with Crippen LogP contribution in [-0.2, 0) is 11.2 Å². The molecule has 0 saturated carbocycles. The molecule has 2 heterocycles. The number of halogens is 1. The molecule has 0 spiro atoms. The van der Waals surface area contributed by atoms with Crippen molar-refractivity contribution in [1.82, 2.24) is 9.55 Å². The lowest BCUT2D eigenvalue weighted by atomic mass is 9.86. The smallest absolute Gasteiger partial charge is 0.309 e. The van der Waals surface area contributed by atoms with E-state index in [1.165, 1.54) is 16.8 Å². The molecule has 0 aromatic carbocycles. The van der Waals surface area contributed by atoms with Crippen molar-refractivity contribution in [2.24, 2.45) is 5.41 Å². The molecule has 0 bridgehead atoms. The number of aromatic nitrogens is 2. The Morgan fingerprint density at radius 3 is 2.62 bits per heavy atom. The van der Waals surface area contributed by atoms with Gasteiger partial charge in [-0.25, -0.2) is 4.98 Å². The van der Waals surface area contributed by atoms with Crippen LogP contribution in [0.5, 0.6) is 0 Å². The van der Waals surface area contributed by atoms with Crippen LogP contribution < -0.4 is 5.56 Å². The molecule has 2 aromatic rings. The Morgan fingerprint density at radius 1 is 1.38 bits per heavy atom. The predicted octanol–water partition coefficient (Wildman–Crippen LogP) is 2.54. The summed E-state index contributed by atoms with van der Waals surface area (Å²) in [5.41, 5.74) is 0.136. The van der Waals surface area contributed by atoms with Gasteiger partial charge in [0.25, 0.3) is 5.56 Å². The number of carboxylic acid groups (broad SMARTS) is 1. The van der Waals surface area contributed by atoms with Crippen LogP contribution in [0.3, 0.4) is 0 Å². The first-order valence-corrected chi connectivity index (χ1v) is 6.74. The van der Waals surface area contributed by atoms with Crippen LogP contribution in [0, 0.1) is 5.41 Å². The molecule has 0 aliphatic rings. The van der Waals surface area contributed by atoms with Gasteiger partial charge in [-0.2, -0.15) is 0 Å². The van der Waals surface area contributed by atoms with Crippen molar-refractivity contribution >= 4 is 17.6 Å². The summed E-state index contributed by atoms with van der Waals surface area (Å²) in [5.74, 6) is -0.895. The molecule has 0 aliphatic carbocycles. The molecule has 0 radical (unpaired) electrons. The highest BCUT2D eigenvalue weighted by Crippen LogP contribution is 2.21. The molecule has 6 heteroatoms. The Balaban J connectivity index is 2.32. The van der Waals surface area contributed by atoms with E-state index < -0.39 is 11.4 Å². The fraction of sp³-hybridized carbons (Fsp3) is 0.267. The summed E-state index contributed by atoms with van der Waals surface area (Å²) < 4.78 is 1.43. The molecule has 110 valence electrons. The lowest BCUT2D eigenvalue weighted by molar-refractivity contribution is -0.146. The molecule has 0 aliphatic heterocycles. The Morgan fingerprint density at radius 2 is 2.10 bits per heavy atom. The normalized spacial score (nSPS) is 11.4. The van der Waals surface area contributed by atoms with Crippen LogP contribution in [0.2, 0.25) is 5.15 Å². The minimum absolute atomic E-state index is 0.238. The van der Waals surface area contributed by atoms with Gasteiger partial charge >= 0.3 is 5.97 Å². The quantitative estimate of drug-likeness (QED) is 0.881. The third-order valence-corrected chi connectivity index (χ3v) is 3.42. The highest BCUT2D eigenvalue weighted by molar-refractivity contribution is 6.29. The number of carbonyl (C=O) groups is 1. The van der Waals surface area contributed by atoms with Crippen molar-refractivity contribution in [3.63, 3.8) is 0 Å². The van der Waals surface area contributed by atoms with E-state index in [9.17, 15) is 9.59 Å². The van der Waals surface area contributed by atoms with E-state index >= 15 is 0 Å². The van der Waals surface area contributed by atoms with Crippen molar-refractivity contribution in [2.45, 2.75) is 20.3 Å². The largest absolute Gasteiger partial charge is 0.481 e. The van der Waals surface area contributed by atoms with Gasteiger partial charge in [-0.05, 0) is 44.0 Å². The third kappa shape index (κ3) is 3.49. The standard InChI is InChI=1S/C15H15ClN2O3/c1-15(2,14(20)21)8-10-5-6-18(13(19)7-10)11-3-4-12(16)17-9-11/h3-7,9H,8H2,1-2H3,(H,20,21). The van der Waals surface area contributed by atoms with Crippen LogP contribution in [0.15, 0.2) is 41.5 Å². The van der Waals surface area contributed by atoms with Gasteiger partial charge in [0.05, 0.1) is 17.3 Å². The molecule has 0 atom stereocenters. The highest BCUT2D eigenvalue weighted by atomic mass is 35.5. The van der Waals surface area contributed by atoms with Crippen LogP contribution in [-0.4, -0.2) is 20.6 Å². The predicted molar refractivity (Wildman–Crippen MR) is 80.0 cm³/mol. The average Bonchev–Trinajstić information content (AvgIpc) is 2.39. The number of pyridine rings is 2. The van der Waals surface area contributed by atoms with Gasteiger partial charge in [-0.3, -0.25) is 14.2 Å². The van der Waals surface area contributed by atoms with Gasteiger partial charge in [-0.15, -0.1) is 0 Å². The number of carboxylic acids is 1. The van der Waals surface area contributed by atoms with Gasteiger partial charge in [0.2, 0.25) is 0 Å². The maximum absolute atomic E-state index is 12.1. The van der Waals surface area contributed by atoms with Crippen LogP contribution in [0.1, 0.15) is 19.4 Å². The van der Waals surface area contributed by atoms with E-state index in [1.54, 1.807) is 38.2 Å². The Bertz CT molecular complexity index is 720. The summed E-state index contributed by atoms with van der Waals surface area (Å²) in [5, 5.41) is 9.48. The van der Waals surface area contributed by atoms with Crippen molar-refractivity contribution in [3.05, 3.63) is 57.7 Å². The fourth-order valence-electron chi connectivity index (χ4n) is 1.94. The first kappa shape index (κ1) is 15.3. The van der Waals surface area contributed by atoms with Crippen molar-refractivity contribution < 1.29 is 9.90 Å². The summed E-state index contributed by atoms with van der Waals surface area (Å²) in [6.07, 6.45) is 3.41. The van der Waals surface area contributed by atoms with Crippen LogP contribution in [0.4, 0.5) is 0 Å². The molecule has 21 heavy (non-hydrogen) atoms. The Labute approximate surface area is 126 Å². The summed E-state index contributed by atoms with van der Waals surface area (Å²) >= 11 is 5.71. The third-order valence-electron chi connectivity index (χ3n) is 3.20. The van der Waals surface area contributed by atoms with Gasteiger partial charge in [0.15, 0.2) is 0 Å². The SMILES string of the molecule is CC(C)(Cc1ccn(-c2ccc(Cl)nc2)c(=O)c1)C(=O)O. The van der Waals surface area contributed by atoms with Crippen LogP contribution in [0.25, 0.3) is 5.69 Å². The fourth-order valence-corrected chi connectivity index (χ4v) is 2.05. The zero-order valence-corrected chi connectivity index (χ0v) is 12.5. The van der Waals surface area contributed by atoms with E-state index in [1.807, 2.05) is 0 Å². The van der Waals surface area contributed by atoms with Gasteiger partial charge in [0.1, 0.15) is 5.15 Å². The molecule has 0 unspecified atom stereocenters. The zero-order chi connectivity index (χ0) is 15.6. The van der Waals surface area contributed by atoms with Gasteiger partial charge in [-0.1, -0.05) is 11.6 Å². The van der Waals surface area contributed by atoms with Gasteiger partial charge < -0.3 is 5.11 Å². The first-order chi connectivity index (χ1) is 9.79. The summed E-state index contributed by atoms with van der Waals surface area (Å²) in [6, 6.07) is 6.47. The second-order valence-corrected chi connectivity index (χ2v) is 5.84. The molecule has 1 N–H and O–H groups in total. The lowest BCUT2D eigenvalue weighted by Gasteiger charge is -2.19. The number of aliphatic carboxylic acids is 1. The molecular formula is C15H15ClN2O3. The molecule has 0 saturated heterocycles. The topological polar surface area (TPSA) is 72.2 Å². The van der Waals surface area contributed by atoms with E-state index in [0.717, 1.165) is 0 Å². The molecule has 2 rings (SSSR count). The van der Waals surface area contributed by atoms with E-state index in [0.29, 0.717) is 16.4 Å². The first-order valence-electron chi connectivity index (χ1n) is 6.36. The Kier molecular flexibility index (Phi) is 4.14. The Hall–Kier alpha value is -2.14. The van der Waals surface area contributed by atoms with Gasteiger partial charge in [0, 0.05) is 12.3 Å². The summed E-state index contributed by atoms with van der Waals surface area (Å²) in [4.78, 5) is 27.2. The van der Waals surface area contributed by atoms with Crippen LogP contribution >= 0.6 is 11.6 Å². The summed E-state index contributed by atoms with van der Waals surface area (Å²) in [7, 11) is 0. The molecule has 0 amide bonds. The van der Waals surface area contributed by atoms with E-state index in [4.69, 9.17) is 16.7 Å². The lowest BCUT2D eigenvalue weighted by Crippen LogP contribution is -2.27. The number of nitrogens with zero attached hydrogens (tertiary/aromatic N) is 2. The zero-order valence-electron chi connectivity index (χ0n) is 11.7. The van der Waals surface area contributed by atoms with E-state index in [2.05, 4.69) is 4.98 Å². The number of rotatable bonds is 4. The number of hydrogen-bond donors (Lipinski definition) is 1. The molecular weight excluding hydrogens is 292 g/mol. The minimum Gasteiger partial charge on any atom is -0.481 e. The second-order valence-electron chi connectivity index (χ2n) is 5.45. The average molecular weight is 307 g/mol. The molecule has 2 aromatic heterocycles. The highest BCUT2D eigenvalue weighted by Gasteiger charge is 2.27. The molecule has 0 fully saturated rings. The molecule has 5 nitrogen and oxygen atoms in total. The number of hydrogen-bond acceptors (Lipinski definition) is 3. The summed E-state index contributed by atoms with van der Waals surface area (Å²) in [6.45, 7) is 3.26.